The molecule has 1 aliphatic carbocycles. The number of nitrogens with one attached hydrogen (secondary N) is 1. The van der Waals surface area contributed by atoms with Crippen LogP contribution in [0.2, 0.25) is 0 Å². The van der Waals surface area contributed by atoms with Crippen LogP contribution in [0.15, 0.2) is 17.0 Å². The van der Waals surface area contributed by atoms with Gasteiger partial charge in [0.05, 0.1) is 11.8 Å². The van der Waals surface area contributed by atoms with Gasteiger partial charge in [0, 0.05) is 6.04 Å². The van der Waals surface area contributed by atoms with Gasteiger partial charge in [0.1, 0.15) is 4.90 Å². The minimum atomic E-state index is -3.71. The number of hydrogen-bond donors (Lipinski definition) is 3. The quantitative estimate of drug-likeness (QED) is 0.737. The molecule has 0 unspecified atom stereocenters. The van der Waals surface area contributed by atoms with E-state index in [1.807, 2.05) is 0 Å². The fourth-order valence-electron chi connectivity index (χ4n) is 2.67. The summed E-state index contributed by atoms with van der Waals surface area (Å²) in [5, 5.41) is 9.91. The maximum atomic E-state index is 12.5. The van der Waals surface area contributed by atoms with Crippen molar-refractivity contribution in [3.8, 4) is 0 Å². The Balaban J connectivity index is 2.33. The van der Waals surface area contributed by atoms with Gasteiger partial charge in [-0.3, -0.25) is 0 Å². The average Bonchev–Trinajstić information content (AvgIpc) is 2.37. The van der Waals surface area contributed by atoms with E-state index in [-0.39, 0.29) is 10.6 Å². The second-order valence-corrected chi connectivity index (χ2v) is 7.17. The molecule has 1 aliphatic rings. The lowest BCUT2D eigenvalue weighted by Crippen LogP contribution is -2.45. The van der Waals surface area contributed by atoms with Crippen molar-refractivity contribution < 1.29 is 13.5 Å². The largest absolute Gasteiger partial charge is 0.397 e. The molecule has 4 N–H and O–H groups in total. The van der Waals surface area contributed by atoms with Crippen molar-refractivity contribution in [1.29, 1.82) is 0 Å². The number of nitrogens with two attached hydrogens (primary N) is 1. The number of aryl methyl sites for hydroxylation is 2. The minimum absolute atomic E-state index is 0.135. The summed E-state index contributed by atoms with van der Waals surface area (Å²) in [6.07, 6.45) is 2.53. The van der Waals surface area contributed by atoms with Crippen LogP contribution in [0.1, 0.15) is 36.8 Å². The smallest absolute Gasteiger partial charge is 0.243 e. The molecule has 1 fully saturated rings. The van der Waals surface area contributed by atoms with E-state index < -0.39 is 22.2 Å². The molecule has 1 aromatic rings. The van der Waals surface area contributed by atoms with E-state index in [1.165, 1.54) is 0 Å². The number of rotatable bonds is 3. The molecule has 0 aromatic heterocycles. The third-order valence-corrected chi connectivity index (χ3v) is 5.61. The van der Waals surface area contributed by atoms with Crippen LogP contribution in [-0.2, 0) is 10.0 Å². The van der Waals surface area contributed by atoms with Crippen LogP contribution in [0.3, 0.4) is 0 Å². The topological polar surface area (TPSA) is 92.4 Å². The summed E-state index contributed by atoms with van der Waals surface area (Å²) >= 11 is 0. The zero-order chi connectivity index (χ0) is 14.9. The van der Waals surface area contributed by atoms with Crippen molar-refractivity contribution in [2.45, 2.75) is 56.6 Å². The standard InChI is InChI=1S/C14H22N2O3S/c1-9-7-8-10(2)14(13(9)15)20(18,19)16-11-5-3-4-6-12(11)17/h7-8,11-12,16-17H,3-6,15H2,1-2H3/t11-,12-/m1/s1. The summed E-state index contributed by atoms with van der Waals surface area (Å²) in [4.78, 5) is 0.135. The average molecular weight is 298 g/mol. The monoisotopic (exact) mass is 298 g/mol. The molecule has 2 atom stereocenters. The molecule has 0 saturated heterocycles. The molecule has 0 radical (unpaired) electrons. The van der Waals surface area contributed by atoms with Crippen molar-refractivity contribution in [2.24, 2.45) is 0 Å². The van der Waals surface area contributed by atoms with E-state index in [2.05, 4.69) is 4.72 Å². The van der Waals surface area contributed by atoms with E-state index in [0.717, 1.165) is 18.4 Å². The van der Waals surface area contributed by atoms with Crippen LogP contribution >= 0.6 is 0 Å². The molecular formula is C14H22N2O3S. The Hall–Kier alpha value is -1.11. The third-order valence-electron chi connectivity index (χ3n) is 3.92. The van der Waals surface area contributed by atoms with Gasteiger partial charge in [-0.2, -0.15) is 0 Å². The lowest BCUT2D eigenvalue weighted by molar-refractivity contribution is 0.101. The Morgan fingerprint density at radius 1 is 1.20 bits per heavy atom. The van der Waals surface area contributed by atoms with E-state index in [1.54, 1.807) is 26.0 Å². The third kappa shape index (κ3) is 2.97. The number of aliphatic hydroxyl groups is 1. The molecule has 1 saturated carbocycles. The van der Waals surface area contributed by atoms with E-state index in [4.69, 9.17) is 5.73 Å². The van der Waals surface area contributed by atoms with Gasteiger partial charge in [-0.25, -0.2) is 13.1 Å². The Bertz CT molecular complexity index is 599. The first-order valence-electron chi connectivity index (χ1n) is 6.89. The minimum Gasteiger partial charge on any atom is -0.397 e. The first-order valence-corrected chi connectivity index (χ1v) is 8.37. The van der Waals surface area contributed by atoms with Gasteiger partial charge in [0.25, 0.3) is 0 Å². The van der Waals surface area contributed by atoms with Crippen molar-refractivity contribution in [3.63, 3.8) is 0 Å². The maximum absolute atomic E-state index is 12.5. The molecule has 5 nitrogen and oxygen atoms in total. The Labute approximate surface area is 120 Å². The lowest BCUT2D eigenvalue weighted by Gasteiger charge is -2.28. The van der Waals surface area contributed by atoms with Crippen LogP contribution in [0, 0.1) is 13.8 Å². The highest BCUT2D eigenvalue weighted by molar-refractivity contribution is 7.89. The van der Waals surface area contributed by atoms with Gasteiger partial charge in [-0.05, 0) is 37.8 Å². The van der Waals surface area contributed by atoms with Crippen LogP contribution in [0.25, 0.3) is 0 Å². The van der Waals surface area contributed by atoms with E-state index in [9.17, 15) is 13.5 Å². The van der Waals surface area contributed by atoms with Crippen molar-refractivity contribution in [2.75, 3.05) is 5.73 Å². The molecule has 0 spiro atoms. The summed E-state index contributed by atoms with van der Waals surface area (Å²) in [6, 6.07) is 3.13. The van der Waals surface area contributed by atoms with Crippen molar-refractivity contribution in [3.05, 3.63) is 23.3 Å². The molecule has 6 heteroatoms. The highest BCUT2D eigenvalue weighted by Crippen LogP contribution is 2.27. The summed E-state index contributed by atoms with van der Waals surface area (Å²) in [5.41, 5.74) is 7.56. The number of anilines is 1. The highest BCUT2D eigenvalue weighted by atomic mass is 32.2. The van der Waals surface area contributed by atoms with Crippen LogP contribution in [0.5, 0.6) is 0 Å². The summed E-state index contributed by atoms with van der Waals surface area (Å²) in [5.74, 6) is 0. The second kappa shape index (κ2) is 5.71. The molecule has 0 amide bonds. The van der Waals surface area contributed by atoms with Gasteiger partial charge >= 0.3 is 0 Å². The molecular weight excluding hydrogens is 276 g/mol. The maximum Gasteiger partial charge on any atom is 0.243 e. The van der Waals surface area contributed by atoms with Crippen LogP contribution in [0.4, 0.5) is 5.69 Å². The predicted octanol–water partition coefficient (Wildman–Crippen LogP) is 1.47. The van der Waals surface area contributed by atoms with Gasteiger partial charge < -0.3 is 10.8 Å². The van der Waals surface area contributed by atoms with Gasteiger partial charge in [0.2, 0.25) is 10.0 Å². The summed E-state index contributed by atoms with van der Waals surface area (Å²) < 4.78 is 27.7. The first kappa shape index (κ1) is 15.3. The zero-order valence-corrected chi connectivity index (χ0v) is 12.7. The lowest BCUT2D eigenvalue weighted by atomic mass is 9.93. The fourth-order valence-corrected chi connectivity index (χ4v) is 4.40. The molecule has 0 heterocycles. The Kier molecular flexibility index (Phi) is 4.36. The Morgan fingerprint density at radius 2 is 1.80 bits per heavy atom. The first-order chi connectivity index (χ1) is 9.33. The number of hydrogen-bond acceptors (Lipinski definition) is 4. The second-order valence-electron chi connectivity index (χ2n) is 5.52. The summed E-state index contributed by atoms with van der Waals surface area (Å²) in [6.45, 7) is 3.50. The van der Waals surface area contributed by atoms with Crippen molar-refractivity contribution in [1.82, 2.24) is 4.72 Å². The number of nitrogen functional groups attached to an aromatic ring is 1. The SMILES string of the molecule is Cc1ccc(C)c(S(=O)(=O)N[C@@H]2CCCC[C@H]2O)c1N. The molecule has 0 aliphatic heterocycles. The Morgan fingerprint density at radius 3 is 2.45 bits per heavy atom. The van der Waals surface area contributed by atoms with E-state index in [0.29, 0.717) is 18.4 Å². The molecule has 20 heavy (non-hydrogen) atoms. The molecule has 2 rings (SSSR count). The van der Waals surface area contributed by atoms with Crippen LogP contribution in [-0.4, -0.2) is 25.7 Å². The van der Waals surface area contributed by atoms with Gasteiger partial charge in [-0.15, -0.1) is 0 Å². The number of sulfonamides is 1. The molecule has 112 valence electrons. The predicted molar refractivity (Wildman–Crippen MR) is 78.9 cm³/mol. The fraction of sp³-hybridized carbons (Fsp3) is 0.571. The summed E-state index contributed by atoms with van der Waals surface area (Å²) in [7, 11) is -3.71. The van der Waals surface area contributed by atoms with E-state index >= 15 is 0 Å². The normalized spacial score (nSPS) is 23.8. The zero-order valence-electron chi connectivity index (χ0n) is 11.9. The van der Waals surface area contributed by atoms with Gasteiger partial charge in [-0.1, -0.05) is 25.0 Å². The number of benzene rings is 1. The van der Waals surface area contributed by atoms with Gasteiger partial charge in [0.15, 0.2) is 0 Å². The molecule has 1 aromatic carbocycles. The number of aliphatic hydroxyl groups excluding tert-OH is 1. The van der Waals surface area contributed by atoms with Crippen molar-refractivity contribution >= 4 is 15.7 Å². The molecule has 0 bridgehead atoms. The van der Waals surface area contributed by atoms with Crippen LogP contribution < -0.4 is 10.5 Å². The highest BCUT2D eigenvalue weighted by Gasteiger charge is 2.30.